The molecule has 0 spiro atoms. The van der Waals surface area contributed by atoms with E-state index in [0.29, 0.717) is 23.6 Å². The van der Waals surface area contributed by atoms with Crippen molar-refractivity contribution in [3.63, 3.8) is 0 Å². The summed E-state index contributed by atoms with van der Waals surface area (Å²) in [5, 5.41) is 12.1. The van der Waals surface area contributed by atoms with E-state index in [4.69, 9.17) is 14.6 Å². The Morgan fingerprint density at radius 3 is 2.75 bits per heavy atom. The van der Waals surface area contributed by atoms with E-state index in [1.807, 2.05) is 0 Å². The number of methoxy groups -OCH3 is 2. The van der Waals surface area contributed by atoms with Gasteiger partial charge in [-0.25, -0.2) is 0 Å². The van der Waals surface area contributed by atoms with Crippen LogP contribution in [0.2, 0.25) is 0 Å². The van der Waals surface area contributed by atoms with Crippen LogP contribution in [0.5, 0.6) is 11.5 Å². The number of anilines is 1. The molecule has 1 atom stereocenters. The summed E-state index contributed by atoms with van der Waals surface area (Å²) in [6.45, 7) is 0.383. The summed E-state index contributed by atoms with van der Waals surface area (Å²) in [5.74, 6) is -0.177. The molecule has 1 aromatic carbocycles. The second-order valence-corrected chi connectivity index (χ2v) is 3.57. The van der Waals surface area contributed by atoms with Crippen molar-refractivity contribution >= 4 is 11.7 Å². The van der Waals surface area contributed by atoms with Gasteiger partial charge in [-0.2, -0.15) is 0 Å². The minimum absolute atomic E-state index is 0.383. The summed E-state index contributed by atoms with van der Waals surface area (Å²) < 4.78 is 10.3. The van der Waals surface area contributed by atoms with E-state index in [1.165, 1.54) is 0 Å². The summed E-state index contributed by atoms with van der Waals surface area (Å²) in [7, 11) is 3.09. The van der Waals surface area contributed by atoms with Crippen LogP contribution >= 0.6 is 0 Å². The molecule has 1 aliphatic heterocycles. The number of nitrogens with one attached hydrogen (secondary N) is 1. The van der Waals surface area contributed by atoms with Crippen molar-refractivity contribution in [1.29, 1.82) is 0 Å². The van der Waals surface area contributed by atoms with Gasteiger partial charge in [0.15, 0.2) is 0 Å². The number of hydrogen-bond acceptors (Lipinski definition) is 4. The van der Waals surface area contributed by atoms with Crippen molar-refractivity contribution in [3.8, 4) is 11.5 Å². The van der Waals surface area contributed by atoms with Crippen molar-refractivity contribution in [2.24, 2.45) is 0 Å². The molecule has 0 fully saturated rings. The third kappa shape index (κ3) is 1.54. The number of rotatable bonds is 3. The third-order valence-electron chi connectivity index (χ3n) is 2.72. The summed E-state index contributed by atoms with van der Waals surface area (Å²) in [4.78, 5) is 11.0. The van der Waals surface area contributed by atoms with E-state index in [-0.39, 0.29) is 0 Å². The van der Waals surface area contributed by atoms with E-state index in [2.05, 4.69) is 5.32 Å². The van der Waals surface area contributed by atoms with Gasteiger partial charge in [-0.05, 0) is 11.6 Å². The van der Waals surface area contributed by atoms with Crippen LogP contribution in [-0.4, -0.2) is 31.8 Å². The van der Waals surface area contributed by atoms with Gasteiger partial charge in [-0.3, -0.25) is 4.79 Å². The van der Waals surface area contributed by atoms with Gasteiger partial charge in [0.05, 0.1) is 19.9 Å². The second kappa shape index (κ2) is 3.92. The normalized spacial score (nSPS) is 17.5. The predicted molar refractivity (Wildman–Crippen MR) is 58.4 cm³/mol. The van der Waals surface area contributed by atoms with Gasteiger partial charge < -0.3 is 19.9 Å². The summed E-state index contributed by atoms with van der Waals surface area (Å²) in [6, 6.07) is 3.46. The zero-order valence-corrected chi connectivity index (χ0v) is 9.11. The lowest BCUT2D eigenvalue weighted by molar-refractivity contribution is -0.138. The first-order valence-corrected chi connectivity index (χ1v) is 4.90. The summed E-state index contributed by atoms with van der Waals surface area (Å²) in [5.41, 5.74) is 1.46. The maximum Gasteiger partial charge on any atom is 0.312 e. The molecule has 0 bridgehead atoms. The van der Waals surface area contributed by atoms with Crippen LogP contribution in [0.4, 0.5) is 5.69 Å². The molecule has 1 unspecified atom stereocenters. The first kappa shape index (κ1) is 10.6. The maximum absolute atomic E-state index is 11.0. The van der Waals surface area contributed by atoms with Crippen LogP contribution < -0.4 is 14.8 Å². The molecule has 1 aliphatic rings. The molecule has 16 heavy (non-hydrogen) atoms. The standard InChI is InChI=1S/C11H13NO4/c1-15-6-3-7-8(11(13)14)5-12-10(7)9(4-6)16-2/h3-4,8,12H,5H2,1-2H3,(H,13,14). The van der Waals surface area contributed by atoms with Gasteiger partial charge in [-0.1, -0.05) is 0 Å². The predicted octanol–water partition coefficient (Wildman–Crippen LogP) is 1.30. The summed E-state index contributed by atoms with van der Waals surface area (Å²) in [6.07, 6.45) is 0. The third-order valence-corrected chi connectivity index (χ3v) is 2.72. The van der Waals surface area contributed by atoms with Crippen molar-refractivity contribution in [2.45, 2.75) is 5.92 Å². The molecule has 0 radical (unpaired) electrons. The lowest BCUT2D eigenvalue weighted by Crippen LogP contribution is -2.13. The van der Waals surface area contributed by atoms with E-state index in [1.54, 1.807) is 26.4 Å². The molecular formula is C11H13NO4. The Morgan fingerprint density at radius 1 is 1.44 bits per heavy atom. The Labute approximate surface area is 93.0 Å². The number of aliphatic carboxylic acids is 1. The number of carboxylic acid groups (broad SMARTS) is 1. The fraction of sp³-hybridized carbons (Fsp3) is 0.364. The van der Waals surface area contributed by atoms with Crippen LogP contribution in [0, 0.1) is 0 Å². The molecule has 2 N–H and O–H groups in total. The fourth-order valence-corrected chi connectivity index (χ4v) is 1.89. The number of hydrogen-bond donors (Lipinski definition) is 2. The highest BCUT2D eigenvalue weighted by atomic mass is 16.5. The van der Waals surface area contributed by atoms with Crippen molar-refractivity contribution < 1.29 is 19.4 Å². The van der Waals surface area contributed by atoms with Crippen molar-refractivity contribution in [3.05, 3.63) is 17.7 Å². The Kier molecular flexibility index (Phi) is 2.60. The monoisotopic (exact) mass is 223 g/mol. The van der Waals surface area contributed by atoms with Gasteiger partial charge in [0.25, 0.3) is 0 Å². The van der Waals surface area contributed by atoms with Crippen LogP contribution in [0.15, 0.2) is 12.1 Å². The van der Waals surface area contributed by atoms with Gasteiger partial charge >= 0.3 is 5.97 Å². The molecule has 5 heteroatoms. The first-order valence-electron chi connectivity index (χ1n) is 4.90. The lowest BCUT2D eigenvalue weighted by atomic mass is 10.0. The molecule has 0 saturated heterocycles. The highest BCUT2D eigenvalue weighted by Gasteiger charge is 2.31. The van der Waals surface area contributed by atoms with Gasteiger partial charge in [0, 0.05) is 12.6 Å². The largest absolute Gasteiger partial charge is 0.497 e. The number of benzene rings is 1. The minimum atomic E-state index is -0.846. The van der Waals surface area contributed by atoms with E-state index in [0.717, 1.165) is 5.69 Å². The van der Waals surface area contributed by atoms with Gasteiger partial charge in [-0.15, -0.1) is 0 Å². The van der Waals surface area contributed by atoms with Gasteiger partial charge in [0.1, 0.15) is 17.4 Å². The Balaban J connectivity index is 2.52. The Hall–Kier alpha value is -1.91. The Morgan fingerprint density at radius 2 is 2.19 bits per heavy atom. The van der Waals surface area contributed by atoms with Gasteiger partial charge in [0.2, 0.25) is 0 Å². The lowest BCUT2D eigenvalue weighted by Gasteiger charge is -2.10. The van der Waals surface area contributed by atoms with Crippen LogP contribution in [0.25, 0.3) is 0 Å². The maximum atomic E-state index is 11.0. The molecule has 0 amide bonds. The number of carbonyl (C=O) groups is 1. The quantitative estimate of drug-likeness (QED) is 0.808. The van der Waals surface area contributed by atoms with E-state index < -0.39 is 11.9 Å². The molecule has 0 saturated carbocycles. The first-order chi connectivity index (χ1) is 7.67. The number of carboxylic acids is 1. The summed E-state index contributed by atoms with van der Waals surface area (Å²) >= 11 is 0. The second-order valence-electron chi connectivity index (χ2n) is 3.57. The molecular weight excluding hydrogens is 210 g/mol. The molecule has 1 heterocycles. The average molecular weight is 223 g/mol. The molecule has 2 rings (SSSR count). The number of ether oxygens (including phenoxy) is 2. The van der Waals surface area contributed by atoms with Crippen molar-refractivity contribution in [2.75, 3.05) is 26.1 Å². The zero-order valence-electron chi connectivity index (χ0n) is 9.11. The van der Waals surface area contributed by atoms with Crippen LogP contribution in [-0.2, 0) is 4.79 Å². The molecule has 1 aromatic rings. The molecule has 86 valence electrons. The molecule has 0 aliphatic carbocycles. The Bertz CT molecular complexity index is 430. The number of fused-ring (bicyclic) bond motifs is 1. The van der Waals surface area contributed by atoms with E-state index in [9.17, 15) is 4.79 Å². The zero-order chi connectivity index (χ0) is 11.7. The average Bonchev–Trinajstić information content (AvgIpc) is 2.71. The minimum Gasteiger partial charge on any atom is -0.497 e. The van der Waals surface area contributed by atoms with Crippen molar-refractivity contribution in [1.82, 2.24) is 0 Å². The molecule has 0 aromatic heterocycles. The van der Waals surface area contributed by atoms with Crippen LogP contribution in [0.1, 0.15) is 11.5 Å². The smallest absolute Gasteiger partial charge is 0.312 e. The SMILES string of the molecule is COc1cc(OC)c2c(c1)C(C(=O)O)CN2. The van der Waals surface area contributed by atoms with Crippen LogP contribution in [0.3, 0.4) is 0 Å². The topological polar surface area (TPSA) is 67.8 Å². The van der Waals surface area contributed by atoms with E-state index >= 15 is 0 Å². The highest BCUT2D eigenvalue weighted by molar-refractivity contribution is 5.84. The fourth-order valence-electron chi connectivity index (χ4n) is 1.89. The molecule has 5 nitrogen and oxygen atoms in total. The highest BCUT2D eigenvalue weighted by Crippen LogP contribution is 2.41.